The molecule has 0 bridgehead atoms. The maximum absolute atomic E-state index is 12.3. The zero-order valence-corrected chi connectivity index (χ0v) is 13.3. The van der Waals surface area contributed by atoms with E-state index in [4.69, 9.17) is 4.74 Å². The molecule has 0 radical (unpaired) electrons. The first kappa shape index (κ1) is 16.9. The van der Waals surface area contributed by atoms with Crippen molar-refractivity contribution in [3.05, 3.63) is 23.3 Å². The van der Waals surface area contributed by atoms with Crippen molar-refractivity contribution < 1.29 is 18.3 Å². The molecule has 0 aromatic heterocycles. The Balaban J connectivity index is 3.16. The van der Waals surface area contributed by atoms with E-state index in [1.165, 1.54) is 6.92 Å². The average Bonchev–Trinajstić information content (AvgIpc) is 2.37. The number of benzene rings is 1. The molecule has 0 spiro atoms. The number of ether oxygens (including phenoxy) is 1. The number of hydrogen-bond acceptors (Lipinski definition) is 4. The maximum atomic E-state index is 12.3. The molecule has 0 unspecified atom stereocenters. The third kappa shape index (κ3) is 4.47. The Labute approximate surface area is 121 Å². The second-order valence-electron chi connectivity index (χ2n) is 4.93. The van der Waals surface area contributed by atoms with Crippen LogP contribution in [0.1, 0.15) is 31.4 Å². The Bertz CT molecular complexity index is 553. The monoisotopic (exact) mass is 301 g/mol. The molecule has 0 aliphatic heterocycles. The van der Waals surface area contributed by atoms with Gasteiger partial charge < -0.3 is 9.84 Å². The molecule has 0 heterocycles. The first-order chi connectivity index (χ1) is 9.27. The van der Waals surface area contributed by atoms with Gasteiger partial charge >= 0.3 is 0 Å². The van der Waals surface area contributed by atoms with Crippen molar-refractivity contribution in [2.24, 2.45) is 0 Å². The van der Waals surface area contributed by atoms with Gasteiger partial charge in [-0.15, -0.1) is 0 Å². The number of rotatable bonds is 7. The van der Waals surface area contributed by atoms with Crippen LogP contribution in [0.15, 0.2) is 17.0 Å². The zero-order valence-electron chi connectivity index (χ0n) is 12.4. The van der Waals surface area contributed by atoms with Gasteiger partial charge in [0.15, 0.2) is 0 Å². The van der Waals surface area contributed by atoms with E-state index in [0.717, 1.165) is 17.5 Å². The first-order valence-corrected chi connectivity index (χ1v) is 8.18. The predicted octanol–water partition coefficient (Wildman–Crippen LogP) is 1.75. The summed E-state index contributed by atoms with van der Waals surface area (Å²) in [6.07, 6.45) is 0.0596. The van der Waals surface area contributed by atoms with Crippen molar-refractivity contribution in [2.45, 2.75) is 45.1 Å². The van der Waals surface area contributed by atoms with Crippen molar-refractivity contribution in [3.8, 4) is 5.75 Å². The van der Waals surface area contributed by atoms with Gasteiger partial charge in [-0.25, -0.2) is 13.1 Å². The van der Waals surface area contributed by atoms with Crippen LogP contribution in [0.2, 0.25) is 0 Å². The van der Waals surface area contributed by atoms with E-state index in [9.17, 15) is 13.5 Å². The second kappa shape index (κ2) is 7.06. The third-order valence-electron chi connectivity index (χ3n) is 2.88. The molecule has 20 heavy (non-hydrogen) atoms. The summed E-state index contributed by atoms with van der Waals surface area (Å²) in [6.45, 7) is 7.68. The van der Waals surface area contributed by atoms with Crippen LogP contribution in [0.3, 0.4) is 0 Å². The smallest absolute Gasteiger partial charge is 0.244 e. The fourth-order valence-electron chi connectivity index (χ4n) is 1.61. The number of nitrogens with one attached hydrogen (secondary N) is 1. The molecule has 0 aliphatic rings. The van der Waals surface area contributed by atoms with E-state index in [-0.39, 0.29) is 11.4 Å². The minimum atomic E-state index is -3.69. The molecule has 1 rings (SSSR count). The minimum Gasteiger partial charge on any atom is -0.492 e. The largest absolute Gasteiger partial charge is 0.492 e. The summed E-state index contributed by atoms with van der Waals surface area (Å²) in [5.74, 6) is 0.355. The van der Waals surface area contributed by atoms with Crippen LogP contribution >= 0.6 is 0 Å². The molecule has 0 amide bonds. The number of sulfonamides is 1. The van der Waals surface area contributed by atoms with Crippen LogP contribution in [0.4, 0.5) is 0 Å². The molecule has 2 N–H and O–H groups in total. The quantitative estimate of drug-likeness (QED) is 0.804. The molecule has 114 valence electrons. The van der Waals surface area contributed by atoms with E-state index < -0.39 is 16.1 Å². The lowest BCUT2D eigenvalue weighted by Gasteiger charge is -2.15. The highest BCUT2D eigenvalue weighted by Gasteiger charge is 2.21. The molecular weight excluding hydrogens is 278 g/mol. The molecule has 0 aliphatic carbocycles. The fraction of sp³-hybridized carbons (Fsp3) is 0.571. The highest BCUT2D eigenvalue weighted by molar-refractivity contribution is 7.89. The highest BCUT2D eigenvalue weighted by atomic mass is 32.2. The van der Waals surface area contributed by atoms with Gasteiger partial charge in [-0.2, -0.15) is 0 Å². The lowest BCUT2D eigenvalue weighted by atomic mass is 10.1. The summed E-state index contributed by atoms with van der Waals surface area (Å²) < 4.78 is 32.5. The Kier molecular flexibility index (Phi) is 5.98. The third-order valence-corrected chi connectivity index (χ3v) is 4.32. The summed E-state index contributed by atoms with van der Waals surface area (Å²) in [5.41, 5.74) is 1.86. The van der Waals surface area contributed by atoms with Gasteiger partial charge in [0, 0.05) is 6.54 Å². The number of aliphatic hydroxyl groups is 1. The van der Waals surface area contributed by atoms with Crippen LogP contribution in [-0.2, 0) is 10.0 Å². The molecule has 5 nitrogen and oxygen atoms in total. The molecule has 1 atom stereocenters. The average molecular weight is 301 g/mol. The SMILES string of the molecule is CCCOc1cc(C)c(C)cc1S(=O)(=O)NC[C@@H](C)O. The van der Waals surface area contributed by atoms with Crippen molar-refractivity contribution >= 4 is 10.0 Å². The zero-order chi connectivity index (χ0) is 15.3. The number of hydrogen-bond donors (Lipinski definition) is 2. The van der Waals surface area contributed by atoms with Gasteiger partial charge in [0.25, 0.3) is 0 Å². The Morgan fingerprint density at radius 2 is 1.90 bits per heavy atom. The van der Waals surface area contributed by atoms with Gasteiger partial charge in [-0.3, -0.25) is 0 Å². The lowest BCUT2D eigenvalue weighted by molar-refractivity contribution is 0.198. The summed E-state index contributed by atoms with van der Waals surface area (Å²) in [5, 5.41) is 9.21. The van der Waals surface area contributed by atoms with Crippen LogP contribution in [0, 0.1) is 13.8 Å². The second-order valence-corrected chi connectivity index (χ2v) is 6.67. The molecule has 0 saturated carbocycles. The normalized spacial score (nSPS) is 13.2. The summed E-state index contributed by atoms with van der Waals surface area (Å²) >= 11 is 0. The van der Waals surface area contributed by atoms with E-state index in [2.05, 4.69) is 4.72 Å². The summed E-state index contributed by atoms with van der Waals surface area (Å²) in [7, 11) is -3.69. The number of aryl methyl sites for hydroxylation is 2. The summed E-state index contributed by atoms with van der Waals surface area (Å²) in [6, 6.07) is 3.34. The van der Waals surface area contributed by atoms with Crippen molar-refractivity contribution in [1.82, 2.24) is 4.72 Å². The van der Waals surface area contributed by atoms with Crippen molar-refractivity contribution in [3.63, 3.8) is 0 Å². The Hall–Kier alpha value is -1.11. The molecule has 6 heteroatoms. The van der Waals surface area contributed by atoms with Crippen LogP contribution in [0.5, 0.6) is 5.75 Å². The van der Waals surface area contributed by atoms with Gasteiger partial charge in [-0.1, -0.05) is 6.92 Å². The highest BCUT2D eigenvalue weighted by Crippen LogP contribution is 2.27. The molecule has 0 fully saturated rings. The standard InChI is InChI=1S/C14H23NO4S/c1-5-6-19-13-7-10(2)11(3)8-14(13)20(17,18)15-9-12(4)16/h7-8,12,15-16H,5-6,9H2,1-4H3/t12-/m1/s1. The Morgan fingerprint density at radius 1 is 1.30 bits per heavy atom. The Morgan fingerprint density at radius 3 is 2.45 bits per heavy atom. The maximum Gasteiger partial charge on any atom is 0.244 e. The molecular formula is C14H23NO4S. The van der Waals surface area contributed by atoms with Gasteiger partial charge in [0.2, 0.25) is 10.0 Å². The van der Waals surface area contributed by atoms with E-state index in [1.54, 1.807) is 12.1 Å². The molecule has 1 aromatic rings. The minimum absolute atomic E-state index is 0.0253. The fourth-order valence-corrected chi connectivity index (χ4v) is 2.94. The predicted molar refractivity (Wildman–Crippen MR) is 78.6 cm³/mol. The van der Waals surface area contributed by atoms with E-state index in [0.29, 0.717) is 12.4 Å². The van der Waals surface area contributed by atoms with Crippen LogP contribution in [-0.4, -0.2) is 32.8 Å². The summed E-state index contributed by atoms with van der Waals surface area (Å²) in [4.78, 5) is 0.120. The van der Waals surface area contributed by atoms with E-state index in [1.807, 2.05) is 20.8 Å². The van der Waals surface area contributed by atoms with Crippen LogP contribution < -0.4 is 9.46 Å². The van der Waals surface area contributed by atoms with Gasteiger partial charge in [0.05, 0.1) is 12.7 Å². The lowest BCUT2D eigenvalue weighted by Crippen LogP contribution is -2.31. The first-order valence-electron chi connectivity index (χ1n) is 6.69. The van der Waals surface area contributed by atoms with E-state index >= 15 is 0 Å². The molecule has 1 aromatic carbocycles. The van der Waals surface area contributed by atoms with Crippen LogP contribution in [0.25, 0.3) is 0 Å². The van der Waals surface area contributed by atoms with Crippen molar-refractivity contribution in [2.75, 3.05) is 13.2 Å². The van der Waals surface area contributed by atoms with Gasteiger partial charge in [0.1, 0.15) is 10.6 Å². The van der Waals surface area contributed by atoms with Gasteiger partial charge in [-0.05, 0) is 50.5 Å². The topological polar surface area (TPSA) is 75.6 Å². The molecule has 0 saturated heterocycles. The van der Waals surface area contributed by atoms with Crippen molar-refractivity contribution in [1.29, 1.82) is 0 Å². The number of aliphatic hydroxyl groups excluding tert-OH is 1.